The van der Waals surface area contributed by atoms with Crippen molar-refractivity contribution in [1.82, 2.24) is 4.90 Å². The normalized spacial score (nSPS) is 9.94. The standard InChI is InChI=1S/C12H18N4OS/c1-5-16(6-2)12-8(7-13)9(14)10(18-12)11(17)15(3)4/h5-6,14H2,1-4H3. The number of anilines is 2. The van der Waals surface area contributed by atoms with Gasteiger partial charge in [0, 0.05) is 27.2 Å². The summed E-state index contributed by atoms with van der Waals surface area (Å²) < 4.78 is 0. The van der Waals surface area contributed by atoms with Gasteiger partial charge in [-0.2, -0.15) is 5.26 Å². The van der Waals surface area contributed by atoms with Gasteiger partial charge in [-0.15, -0.1) is 11.3 Å². The van der Waals surface area contributed by atoms with E-state index in [0.29, 0.717) is 16.1 Å². The summed E-state index contributed by atoms with van der Waals surface area (Å²) in [6.07, 6.45) is 0. The zero-order chi connectivity index (χ0) is 13.9. The fourth-order valence-electron chi connectivity index (χ4n) is 1.63. The number of amides is 1. The predicted octanol–water partition coefficient (Wildman–Crippen LogP) is 1.75. The van der Waals surface area contributed by atoms with E-state index >= 15 is 0 Å². The summed E-state index contributed by atoms with van der Waals surface area (Å²) in [4.78, 5) is 15.9. The first-order valence-electron chi connectivity index (χ1n) is 5.76. The third-order valence-corrected chi connectivity index (χ3v) is 3.94. The van der Waals surface area contributed by atoms with Crippen molar-refractivity contribution in [2.24, 2.45) is 0 Å². The van der Waals surface area contributed by atoms with Crippen molar-refractivity contribution in [3.8, 4) is 6.07 Å². The summed E-state index contributed by atoms with van der Waals surface area (Å²) in [5, 5.41) is 9.98. The van der Waals surface area contributed by atoms with Crippen LogP contribution in [0.4, 0.5) is 10.7 Å². The molecule has 0 spiro atoms. The molecule has 0 fully saturated rings. The molecule has 0 bridgehead atoms. The summed E-state index contributed by atoms with van der Waals surface area (Å²) >= 11 is 1.29. The molecule has 1 heterocycles. The van der Waals surface area contributed by atoms with E-state index in [1.807, 2.05) is 18.7 Å². The third kappa shape index (κ3) is 2.41. The van der Waals surface area contributed by atoms with Crippen LogP contribution in [0.5, 0.6) is 0 Å². The highest BCUT2D eigenvalue weighted by atomic mass is 32.1. The summed E-state index contributed by atoms with van der Waals surface area (Å²) in [5.41, 5.74) is 6.62. The maximum absolute atomic E-state index is 12.0. The number of carbonyl (C=O) groups is 1. The first-order valence-corrected chi connectivity index (χ1v) is 6.58. The molecule has 1 aromatic rings. The van der Waals surface area contributed by atoms with E-state index in [-0.39, 0.29) is 5.91 Å². The molecule has 0 aliphatic carbocycles. The molecule has 0 saturated carbocycles. The third-order valence-electron chi connectivity index (χ3n) is 2.69. The Labute approximate surface area is 111 Å². The highest BCUT2D eigenvalue weighted by Gasteiger charge is 2.24. The minimum absolute atomic E-state index is 0.160. The van der Waals surface area contributed by atoms with Crippen LogP contribution in [0.1, 0.15) is 29.1 Å². The molecular formula is C12H18N4OS. The summed E-state index contributed by atoms with van der Waals surface area (Å²) in [6, 6.07) is 2.10. The molecule has 0 unspecified atom stereocenters. The lowest BCUT2D eigenvalue weighted by Crippen LogP contribution is -2.21. The number of nitriles is 1. The Hall–Kier alpha value is -1.74. The lowest BCUT2D eigenvalue weighted by molar-refractivity contribution is 0.0833. The highest BCUT2D eigenvalue weighted by molar-refractivity contribution is 7.19. The molecule has 1 amide bonds. The first-order chi connectivity index (χ1) is 8.47. The molecule has 98 valence electrons. The fraction of sp³-hybridized carbons (Fsp3) is 0.500. The van der Waals surface area contributed by atoms with E-state index in [4.69, 9.17) is 5.73 Å². The molecule has 0 aliphatic rings. The summed E-state index contributed by atoms with van der Waals surface area (Å²) in [5.74, 6) is -0.160. The van der Waals surface area contributed by atoms with Gasteiger partial charge in [-0.1, -0.05) is 0 Å². The number of nitrogens with zero attached hydrogens (tertiary/aromatic N) is 3. The fourth-order valence-corrected chi connectivity index (χ4v) is 2.96. The van der Waals surface area contributed by atoms with Crippen LogP contribution < -0.4 is 10.6 Å². The van der Waals surface area contributed by atoms with Crippen molar-refractivity contribution in [3.63, 3.8) is 0 Å². The van der Waals surface area contributed by atoms with Gasteiger partial charge >= 0.3 is 0 Å². The molecule has 0 radical (unpaired) electrons. The van der Waals surface area contributed by atoms with Gasteiger partial charge < -0.3 is 15.5 Å². The van der Waals surface area contributed by atoms with E-state index in [9.17, 15) is 10.1 Å². The van der Waals surface area contributed by atoms with Gasteiger partial charge in [-0.3, -0.25) is 4.79 Å². The monoisotopic (exact) mass is 266 g/mol. The van der Waals surface area contributed by atoms with Crippen molar-refractivity contribution in [2.75, 3.05) is 37.8 Å². The van der Waals surface area contributed by atoms with Crippen LogP contribution >= 0.6 is 11.3 Å². The Balaban J connectivity index is 3.35. The van der Waals surface area contributed by atoms with Crippen LogP contribution in [0, 0.1) is 11.3 Å². The van der Waals surface area contributed by atoms with Crippen LogP contribution in [-0.2, 0) is 0 Å². The molecule has 1 rings (SSSR count). The molecule has 2 N–H and O–H groups in total. The first kappa shape index (κ1) is 14.3. The number of nitrogens with two attached hydrogens (primary N) is 1. The lowest BCUT2D eigenvalue weighted by atomic mass is 10.2. The lowest BCUT2D eigenvalue weighted by Gasteiger charge is -2.18. The van der Waals surface area contributed by atoms with Crippen molar-refractivity contribution in [3.05, 3.63) is 10.4 Å². The second-order valence-corrected chi connectivity index (χ2v) is 5.01. The van der Waals surface area contributed by atoms with Gasteiger partial charge in [0.25, 0.3) is 5.91 Å². The maximum atomic E-state index is 12.0. The number of hydrogen-bond acceptors (Lipinski definition) is 5. The maximum Gasteiger partial charge on any atom is 0.265 e. The van der Waals surface area contributed by atoms with E-state index in [1.165, 1.54) is 16.2 Å². The molecule has 6 heteroatoms. The molecule has 1 aromatic heterocycles. The minimum atomic E-state index is -0.160. The van der Waals surface area contributed by atoms with Crippen LogP contribution in [0.25, 0.3) is 0 Å². The second kappa shape index (κ2) is 5.74. The Bertz CT molecular complexity index is 483. The van der Waals surface area contributed by atoms with Gasteiger partial charge in [-0.05, 0) is 13.8 Å². The average molecular weight is 266 g/mol. The SMILES string of the molecule is CCN(CC)c1sc(C(=O)N(C)C)c(N)c1C#N. The number of rotatable bonds is 4. The minimum Gasteiger partial charge on any atom is -0.396 e. The number of hydrogen-bond donors (Lipinski definition) is 1. The zero-order valence-corrected chi connectivity index (χ0v) is 12.0. The van der Waals surface area contributed by atoms with Gasteiger partial charge in [0.1, 0.15) is 21.5 Å². The topological polar surface area (TPSA) is 73.4 Å². The Morgan fingerprint density at radius 2 is 1.94 bits per heavy atom. The number of thiophene rings is 1. The molecular weight excluding hydrogens is 248 g/mol. The van der Waals surface area contributed by atoms with Crippen LogP contribution in [0.2, 0.25) is 0 Å². The van der Waals surface area contributed by atoms with Crippen molar-refractivity contribution in [2.45, 2.75) is 13.8 Å². The summed E-state index contributed by atoms with van der Waals surface area (Å²) in [7, 11) is 3.34. The van der Waals surface area contributed by atoms with E-state index in [2.05, 4.69) is 6.07 Å². The van der Waals surface area contributed by atoms with E-state index in [1.54, 1.807) is 14.1 Å². The van der Waals surface area contributed by atoms with Crippen LogP contribution in [-0.4, -0.2) is 38.0 Å². The van der Waals surface area contributed by atoms with E-state index < -0.39 is 0 Å². The largest absolute Gasteiger partial charge is 0.396 e. The average Bonchev–Trinajstić information content (AvgIpc) is 2.67. The molecule has 0 aliphatic heterocycles. The van der Waals surface area contributed by atoms with Gasteiger partial charge in [0.05, 0.1) is 5.69 Å². The van der Waals surface area contributed by atoms with Crippen LogP contribution in [0.15, 0.2) is 0 Å². The van der Waals surface area contributed by atoms with Gasteiger partial charge in [0.15, 0.2) is 0 Å². The number of carbonyl (C=O) groups excluding carboxylic acids is 1. The summed E-state index contributed by atoms with van der Waals surface area (Å²) in [6.45, 7) is 5.57. The van der Waals surface area contributed by atoms with Gasteiger partial charge in [-0.25, -0.2) is 0 Å². The second-order valence-electron chi connectivity index (χ2n) is 4.01. The molecule has 5 nitrogen and oxygen atoms in total. The number of nitrogen functional groups attached to an aromatic ring is 1. The molecule has 0 aromatic carbocycles. The van der Waals surface area contributed by atoms with E-state index in [0.717, 1.165) is 18.1 Å². The Kier molecular flexibility index (Phi) is 4.56. The molecule has 0 saturated heterocycles. The van der Waals surface area contributed by atoms with Crippen molar-refractivity contribution < 1.29 is 4.79 Å². The molecule has 18 heavy (non-hydrogen) atoms. The highest BCUT2D eigenvalue weighted by Crippen LogP contribution is 2.38. The van der Waals surface area contributed by atoms with Crippen molar-refractivity contribution in [1.29, 1.82) is 5.26 Å². The van der Waals surface area contributed by atoms with Gasteiger partial charge in [0.2, 0.25) is 0 Å². The zero-order valence-electron chi connectivity index (χ0n) is 11.1. The quantitative estimate of drug-likeness (QED) is 0.901. The van der Waals surface area contributed by atoms with Crippen molar-refractivity contribution >= 4 is 27.9 Å². The molecule has 0 atom stereocenters. The Morgan fingerprint density at radius 1 is 1.39 bits per heavy atom. The Morgan fingerprint density at radius 3 is 2.33 bits per heavy atom. The van der Waals surface area contributed by atoms with Crippen LogP contribution in [0.3, 0.4) is 0 Å². The smallest absolute Gasteiger partial charge is 0.265 e. The predicted molar refractivity (Wildman–Crippen MR) is 75.0 cm³/mol.